The summed E-state index contributed by atoms with van der Waals surface area (Å²) in [6.45, 7) is 7.03. The van der Waals surface area contributed by atoms with Crippen molar-refractivity contribution in [2.45, 2.75) is 44.9 Å². The van der Waals surface area contributed by atoms with Gasteiger partial charge in [0.05, 0.1) is 15.2 Å². The Kier molecular flexibility index (Phi) is 5.16. The topological polar surface area (TPSA) is 12.9 Å². The number of aromatic nitrogens is 1. The van der Waals surface area contributed by atoms with Crippen LogP contribution >= 0.6 is 22.7 Å². The van der Waals surface area contributed by atoms with Crippen molar-refractivity contribution < 1.29 is 0 Å². The zero-order chi connectivity index (χ0) is 18.9. The van der Waals surface area contributed by atoms with E-state index in [1.54, 1.807) is 0 Å². The molecule has 0 saturated carbocycles. The van der Waals surface area contributed by atoms with Crippen LogP contribution in [0.25, 0.3) is 20.7 Å². The third-order valence-corrected chi connectivity index (χ3v) is 8.01. The molecule has 0 radical (unpaired) electrons. The van der Waals surface area contributed by atoms with Crippen LogP contribution in [-0.2, 0) is 5.41 Å². The average molecular weight is 392 g/mol. The Morgan fingerprint density at radius 3 is 2.41 bits per heavy atom. The van der Waals surface area contributed by atoms with E-state index in [-0.39, 0.29) is 5.41 Å². The van der Waals surface area contributed by atoms with Gasteiger partial charge >= 0.3 is 0 Å². The standard InChI is InChI=1S/C24H25NS2/c1-17(20-13-14-21(26-20)18-9-5-4-6-10-18)15-16-24(2,3)23-25-19-11-7-8-12-22(19)27-23/h4-14,17H,15-16H2,1-3H3. The highest BCUT2D eigenvalue weighted by molar-refractivity contribution is 7.18. The number of fused-ring (bicyclic) bond motifs is 1. The highest BCUT2D eigenvalue weighted by Crippen LogP contribution is 2.39. The normalized spacial score (nSPS) is 13.1. The number of thiazole rings is 1. The molecular formula is C24H25NS2. The monoisotopic (exact) mass is 391 g/mol. The van der Waals surface area contributed by atoms with Gasteiger partial charge in [0.1, 0.15) is 0 Å². The summed E-state index contributed by atoms with van der Waals surface area (Å²) in [6, 6.07) is 23.7. The number of nitrogens with zero attached hydrogens (tertiary/aromatic N) is 1. The van der Waals surface area contributed by atoms with Crippen molar-refractivity contribution in [2.75, 3.05) is 0 Å². The Bertz CT molecular complexity index is 994. The van der Waals surface area contributed by atoms with Crippen LogP contribution in [0, 0.1) is 0 Å². The van der Waals surface area contributed by atoms with Gasteiger partial charge < -0.3 is 0 Å². The SMILES string of the molecule is CC(CCC(C)(C)c1nc2ccccc2s1)c1ccc(-c2ccccc2)s1. The van der Waals surface area contributed by atoms with Crippen LogP contribution in [0.3, 0.4) is 0 Å². The van der Waals surface area contributed by atoms with Crippen LogP contribution in [0.2, 0.25) is 0 Å². The summed E-state index contributed by atoms with van der Waals surface area (Å²) in [5, 5.41) is 1.26. The molecule has 0 N–H and O–H groups in total. The van der Waals surface area contributed by atoms with E-state index in [4.69, 9.17) is 4.98 Å². The summed E-state index contributed by atoms with van der Waals surface area (Å²) in [7, 11) is 0. The molecule has 2 heterocycles. The van der Waals surface area contributed by atoms with E-state index >= 15 is 0 Å². The van der Waals surface area contributed by atoms with Gasteiger partial charge in [0.25, 0.3) is 0 Å². The predicted molar refractivity (Wildman–Crippen MR) is 120 cm³/mol. The molecule has 1 unspecified atom stereocenters. The Hall–Kier alpha value is -1.97. The lowest BCUT2D eigenvalue weighted by molar-refractivity contribution is 0.440. The van der Waals surface area contributed by atoms with Crippen molar-refractivity contribution in [1.82, 2.24) is 4.98 Å². The lowest BCUT2D eigenvalue weighted by Gasteiger charge is -2.23. The van der Waals surface area contributed by atoms with Gasteiger partial charge in [-0.15, -0.1) is 22.7 Å². The van der Waals surface area contributed by atoms with E-state index in [1.165, 1.54) is 31.4 Å². The largest absolute Gasteiger partial charge is 0.241 e. The van der Waals surface area contributed by atoms with Crippen LogP contribution < -0.4 is 0 Å². The molecule has 0 aliphatic heterocycles. The van der Waals surface area contributed by atoms with Crippen LogP contribution in [0.1, 0.15) is 49.4 Å². The van der Waals surface area contributed by atoms with Crippen LogP contribution in [0.5, 0.6) is 0 Å². The minimum Gasteiger partial charge on any atom is -0.241 e. The third-order valence-electron chi connectivity index (χ3n) is 5.25. The lowest BCUT2D eigenvalue weighted by Crippen LogP contribution is -2.17. The summed E-state index contributed by atoms with van der Waals surface area (Å²) in [5.41, 5.74) is 2.55. The smallest absolute Gasteiger partial charge is 0.0994 e. The van der Waals surface area contributed by atoms with Gasteiger partial charge in [-0.1, -0.05) is 63.2 Å². The van der Waals surface area contributed by atoms with Crippen LogP contribution in [-0.4, -0.2) is 4.98 Å². The van der Waals surface area contributed by atoms with Crippen molar-refractivity contribution in [3.05, 3.63) is 76.6 Å². The van der Waals surface area contributed by atoms with Crippen molar-refractivity contribution in [2.24, 2.45) is 0 Å². The van der Waals surface area contributed by atoms with E-state index in [9.17, 15) is 0 Å². The van der Waals surface area contributed by atoms with Crippen molar-refractivity contribution in [3.63, 3.8) is 0 Å². The molecule has 1 nitrogen and oxygen atoms in total. The van der Waals surface area contributed by atoms with E-state index in [1.807, 2.05) is 22.7 Å². The van der Waals surface area contributed by atoms with Crippen LogP contribution in [0.4, 0.5) is 0 Å². The molecule has 0 spiro atoms. The Balaban J connectivity index is 1.45. The second kappa shape index (κ2) is 7.57. The molecule has 0 saturated heterocycles. The lowest BCUT2D eigenvalue weighted by atomic mass is 9.85. The Morgan fingerprint density at radius 2 is 1.63 bits per heavy atom. The highest BCUT2D eigenvalue weighted by atomic mass is 32.1. The van der Waals surface area contributed by atoms with Crippen LogP contribution in [0.15, 0.2) is 66.7 Å². The van der Waals surface area contributed by atoms with E-state index in [0.717, 1.165) is 11.9 Å². The molecule has 4 aromatic rings. The van der Waals surface area contributed by atoms with Gasteiger partial charge in [-0.2, -0.15) is 0 Å². The Labute approximate surface area is 169 Å². The highest BCUT2D eigenvalue weighted by Gasteiger charge is 2.26. The third kappa shape index (κ3) is 3.99. The first kappa shape index (κ1) is 18.4. The van der Waals surface area contributed by atoms with Gasteiger partial charge in [0.15, 0.2) is 0 Å². The number of hydrogen-bond donors (Lipinski definition) is 0. The molecule has 27 heavy (non-hydrogen) atoms. The summed E-state index contributed by atoms with van der Waals surface area (Å²) < 4.78 is 1.29. The molecule has 3 heteroatoms. The zero-order valence-corrected chi connectivity index (χ0v) is 17.7. The minimum absolute atomic E-state index is 0.109. The molecule has 0 aliphatic carbocycles. The number of benzene rings is 2. The molecule has 4 rings (SSSR count). The van der Waals surface area contributed by atoms with Crippen molar-refractivity contribution in [3.8, 4) is 10.4 Å². The van der Waals surface area contributed by atoms with E-state index in [0.29, 0.717) is 5.92 Å². The number of para-hydroxylation sites is 1. The maximum atomic E-state index is 4.90. The predicted octanol–water partition coefficient (Wildman–Crippen LogP) is 7.89. The van der Waals surface area contributed by atoms with Gasteiger partial charge in [0.2, 0.25) is 0 Å². The fraction of sp³-hybridized carbons (Fsp3) is 0.292. The maximum Gasteiger partial charge on any atom is 0.0994 e. The fourth-order valence-electron chi connectivity index (χ4n) is 3.36. The molecule has 0 aliphatic rings. The van der Waals surface area contributed by atoms with Gasteiger partial charge in [-0.25, -0.2) is 4.98 Å². The molecule has 2 aromatic carbocycles. The molecular weight excluding hydrogens is 366 g/mol. The Morgan fingerprint density at radius 1 is 0.889 bits per heavy atom. The number of rotatable bonds is 6. The second-order valence-corrected chi connectivity index (χ2v) is 10.0. The number of thiophene rings is 1. The summed E-state index contributed by atoms with van der Waals surface area (Å²) in [5.74, 6) is 0.570. The molecule has 2 aromatic heterocycles. The van der Waals surface area contributed by atoms with Gasteiger partial charge in [-0.05, 0) is 48.6 Å². The van der Waals surface area contributed by atoms with Gasteiger partial charge in [0, 0.05) is 15.2 Å². The summed E-state index contributed by atoms with van der Waals surface area (Å²) >= 11 is 3.78. The zero-order valence-electron chi connectivity index (χ0n) is 16.1. The maximum absolute atomic E-state index is 4.90. The summed E-state index contributed by atoms with van der Waals surface area (Å²) in [6.07, 6.45) is 2.32. The molecule has 1 atom stereocenters. The molecule has 138 valence electrons. The quantitative estimate of drug-likeness (QED) is 0.326. The first-order valence-electron chi connectivity index (χ1n) is 9.54. The minimum atomic E-state index is 0.109. The first-order chi connectivity index (χ1) is 13.0. The van der Waals surface area contributed by atoms with Crippen molar-refractivity contribution in [1.29, 1.82) is 0 Å². The first-order valence-corrected chi connectivity index (χ1v) is 11.2. The van der Waals surface area contributed by atoms with Crippen molar-refractivity contribution >= 4 is 32.9 Å². The van der Waals surface area contributed by atoms with Gasteiger partial charge in [-0.3, -0.25) is 0 Å². The number of hydrogen-bond acceptors (Lipinski definition) is 3. The van der Waals surface area contributed by atoms with E-state index < -0.39 is 0 Å². The molecule has 0 bridgehead atoms. The van der Waals surface area contributed by atoms with E-state index in [2.05, 4.69) is 87.5 Å². The average Bonchev–Trinajstić information content (AvgIpc) is 3.34. The fourth-order valence-corrected chi connectivity index (χ4v) is 5.56. The molecule has 0 amide bonds. The molecule has 0 fully saturated rings. The second-order valence-electron chi connectivity index (χ2n) is 7.88. The summed E-state index contributed by atoms with van der Waals surface area (Å²) in [4.78, 5) is 7.74.